The van der Waals surface area contributed by atoms with Crippen LogP contribution in [0.4, 0.5) is 5.69 Å². The molecule has 1 rings (SSSR count). The summed E-state index contributed by atoms with van der Waals surface area (Å²) in [6, 6.07) is 4.44. The first-order valence-corrected chi connectivity index (χ1v) is 8.43. The number of hydrogen-bond acceptors (Lipinski definition) is 2. The maximum absolute atomic E-state index is 5.55. The van der Waals surface area contributed by atoms with Gasteiger partial charge in [-0.1, -0.05) is 33.8 Å². The highest BCUT2D eigenvalue weighted by molar-refractivity contribution is 8.15. The lowest BCUT2D eigenvalue weighted by atomic mass is 9.86. The molecule has 19 heavy (non-hydrogen) atoms. The summed E-state index contributed by atoms with van der Waals surface area (Å²) < 4.78 is 9.11. The lowest BCUT2D eigenvalue weighted by molar-refractivity contribution is 0.413. The molecule has 0 saturated carbocycles. The molecule has 0 bridgehead atoms. The molecule has 0 aromatic heterocycles. The monoisotopic (exact) mass is 281 g/mol. The van der Waals surface area contributed by atoms with E-state index in [9.17, 15) is 0 Å². The van der Waals surface area contributed by atoms with E-state index >= 15 is 0 Å². The average Bonchev–Trinajstić information content (AvgIpc) is 2.27. The SMILES string of the molecule is CCC=S(C)Nc1cc(C(C)(C)C)cc(C)c1OC. The van der Waals surface area contributed by atoms with Gasteiger partial charge in [0.2, 0.25) is 0 Å². The molecule has 0 amide bonds. The number of hydrogen-bond donors (Lipinski definition) is 1. The van der Waals surface area contributed by atoms with Crippen molar-refractivity contribution in [2.24, 2.45) is 0 Å². The van der Waals surface area contributed by atoms with Crippen LogP contribution in [0, 0.1) is 6.92 Å². The molecular formula is C16H27NOS. The third kappa shape index (κ3) is 4.27. The van der Waals surface area contributed by atoms with E-state index in [2.05, 4.69) is 63.1 Å². The van der Waals surface area contributed by atoms with Gasteiger partial charge in [0.25, 0.3) is 0 Å². The number of aryl methyl sites for hydroxylation is 1. The summed E-state index contributed by atoms with van der Waals surface area (Å²) in [6.07, 6.45) is 3.27. The number of methoxy groups -OCH3 is 1. The van der Waals surface area contributed by atoms with Crippen LogP contribution in [-0.4, -0.2) is 18.7 Å². The van der Waals surface area contributed by atoms with Crippen LogP contribution in [0.15, 0.2) is 12.1 Å². The Morgan fingerprint density at radius 1 is 1.32 bits per heavy atom. The van der Waals surface area contributed by atoms with Gasteiger partial charge in [0, 0.05) is 0 Å². The van der Waals surface area contributed by atoms with Crippen molar-refractivity contribution < 1.29 is 4.74 Å². The van der Waals surface area contributed by atoms with Crippen LogP contribution in [0.3, 0.4) is 0 Å². The van der Waals surface area contributed by atoms with Gasteiger partial charge in [-0.3, -0.25) is 0 Å². The summed E-state index contributed by atoms with van der Waals surface area (Å²) in [6.45, 7) is 11.0. The highest BCUT2D eigenvalue weighted by atomic mass is 32.2. The van der Waals surface area contributed by atoms with E-state index in [1.165, 1.54) is 11.1 Å². The van der Waals surface area contributed by atoms with E-state index in [1.54, 1.807) is 7.11 Å². The molecule has 1 unspecified atom stereocenters. The van der Waals surface area contributed by atoms with Crippen molar-refractivity contribution in [3.63, 3.8) is 0 Å². The third-order valence-electron chi connectivity index (χ3n) is 3.03. The Kier molecular flexibility index (Phi) is 5.48. The van der Waals surface area contributed by atoms with Crippen molar-refractivity contribution in [3.8, 4) is 5.75 Å². The van der Waals surface area contributed by atoms with Crippen LogP contribution in [-0.2, 0) is 5.41 Å². The molecule has 2 nitrogen and oxygen atoms in total. The average molecular weight is 281 g/mol. The molecule has 0 heterocycles. The second-order valence-corrected chi connectivity index (χ2v) is 7.51. The minimum atomic E-state index is 0.0688. The zero-order valence-electron chi connectivity index (χ0n) is 13.3. The maximum Gasteiger partial charge on any atom is 0.145 e. The fraction of sp³-hybridized carbons (Fsp3) is 0.562. The molecule has 1 aromatic carbocycles. The molecular weight excluding hydrogens is 254 g/mol. The smallest absolute Gasteiger partial charge is 0.145 e. The minimum Gasteiger partial charge on any atom is -0.494 e. The van der Waals surface area contributed by atoms with E-state index < -0.39 is 0 Å². The van der Waals surface area contributed by atoms with Gasteiger partial charge in [0.1, 0.15) is 5.75 Å². The largest absolute Gasteiger partial charge is 0.494 e. The number of rotatable bonds is 4. The molecule has 0 aliphatic rings. The van der Waals surface area contributed by atoms with Crippen molar-refractivity contribution in [3.05, 3.63) is 23.3 Å². The topological polar surface area (TPSA) is 21.3 Å². The second-order valence-electron chi connectivity index (χ2n) is 5.86. The standard InChI is InChI=1S/C16H27NOS/c1-8-9-19(7)17-14-11-13(16(3,4)5)10-12(2)15(14)18-6/h9-11,17H,8H2,1-7H3. The van der Waals surface area contributed by atoms with Gasteiger partial charge in [-0.15, -0.1) is 10.7 Å². The molecule has 0 aliphatic heterocycles. The number of nitrogens with one attached hydrogen (secondary N) is 1. The molecule has 1 N–H and O–H groups in total. The highest BCUT2D eigenvalue weighted by Crippen LogP contribution is 2.36. The lowest BCUT2D eigenvalue weighted by Gasteiger charge is -2.23. The van der Waals surface area contributed by atoms with Gasteiger partial charge >= 0.3 is 0 Å². The van der Waals surface area contributed by atoms with Crippen LogP contribution in [0.1, 0.15) is 45.2 Å². The van der Waals surface area contributed by atoms with E-state index in [1.807, 2.05) is 0 Å². The van der Waals surface area contributed by atoms with Crippen molar-refractivity contribution in [2.45, 2.75) is 46.5 Å². The molecule has 3 heteroatoms. The van der Waals surface area contributed by atoms with Gasteiger partial charge in [-0.25, -0.2) is 0 Å². The van der Waals surface area contributed by atoms with E-state index in [0.29, 0.717) is 0 Å². The molecule has 0 aliphatic carbocycles. The van der Waals surface area contributed by atoms with Gasteiger partial charge in [0.15, 0.2) is 0 Å². The van der Waals surface area contributed by atoms with Gasteiger partial charge < -0.3 is 9.46 Å². The van der Waals surface area contributed by atoms with Gasteiger partial charge in [-0.05, 0) is 47.6 Å². The molecule has 1 atom stereocenters. The lowest BCUT2D eigenvalue weighted by Crippen LogP contribution is -2.12. The zero-order chi connectivity index (χ0) is 14.6. The van der Waals surface area contributed by atoms with E-state index in [-0.39, 0.29) is 16.1 Å². The predicted octanol–water partition coefficient (Wildman–Crippen LogP) is 4.74. The number of benzene rings is 1. The van der Waals surface area contributed by atoms with E-state index in [0.717, 1.165) is 17.9 Å². The number of anilines is 1. The van der Waals surface area contributed by atoms with Crippen molar-refractivity contribution in [2.75, 3.05) is 18.1 Å². The summed E-state index contributed by atoms with van der Waals surface area (Å²) in [4.78, 5) is 0. The summed E-state index contributed by atoms with van der Waals surface area (Å²) in [5.41, 5.74) is 3.77. The van der Waals surface area contributed by atoms with Crippen LogP contribution in [0.25, 0.3) is 0 Å². The maximum atomic E-state index is 5.55. The Balaban J connectivity index is 3.27. The Hall–Kier alpha value is -0.960. The quantitative estimate of drug-likeness (QED) is 0.805. The summed E-state index contributed by atoms with van der Waals surface area (Å²) in [5.74, 6) is 0.955. The van der Waals surface area contributed by atoms with Gasteiger partial charge in [0.05, 0.1) is 12.8 Å². The summed E-state index contributed by atoms with van der Waals surface area (Å²) >= 11 is 0. The van der Waals surface area contributed by atoms with Crippen molar-refractivity contribution in [1.29, 1.82) is 0 Å². The molecule has 0 fully saturated rings. The van der Waals surface area contributed by atoms with Crippen LogP contribution >= 0.6 is 10.7 Å². The first-order valence-electron chi connectivity index (χ1n) is 6.73. The Bertz CT molecular complexity index is 472. The van der Waals surface area contributed by atoms with Crippen LogP contribution in [0.5, 0.6) is 5.75 Å². The minimum absolute atomic E-state index is 0.0688. The van der Waals surface area contributed by atoms with Crippen molar-refractivity contribution in [1.82, 2.24) is 0 Å². The Labute approximate surface area is 120 Å². The van der Waals surface area contributed by atoms with Crippen molar-refractivity contribution >= 4 is 21.7 Å². The molecule has 1 aromatic rings. The summed E-state index contributed by atoms with van der Waals surface area (Å²) in [7, 11) is 1.81. The fourth-order valence-corrected chi connectivity index (χ4v) is 3.10. The third-order valence-corrected chi connectivity index (χ3v) is 4.41. The summed E-state index contributed by atoms with van der Waals surface area (Å²) in [5, 5.41) is 2.29. The zero-order valence-corrected chi connectivity index (χ0v) is 14.1. The van der Waals surface area contributed by atoms with Gasteiger partial charge in [-0.2, -0.15) is 0 Å². The first-order chi connectivity index (χ1) is 8.79. The fourth-order valence-electron chi connectivity index (χ4n) is 2.02. The molecule has 0 saturated heterocycles. The molecule has 108 valence electrons. The predicted molar refractivity (Wildman–Crippen MR) is 89.9 cm³/mol. The second kappa shape index (κ2) is 6.47. The first kappa shape index (κ1) is 16.1. The van der Waals surface area contributed by atoms with Crippen LogP contribution < -0.4 is 9.46 Å². The Morgan fingerprint density at radius 2 is 1.95 bits per heavy atom. The normalized spacial score (nSPS) is 13.4. The molecule has 0 spiro atoms. The Morgan fingerprint density at radius 3 is 2.42 bits per heavy atom. The van der Waals surface area contributed by atoms with E-state index in [4.69, 9.17) is 4.74 Å². The molecule has 0 radical (unpaired) electrons. The number of ether oxygens (including phenoxy) is 1. The van der Waals surface area contributed by atoms with Crippen LogP contribution in [0.2, 0.25) is 0 Å². The highest BCUT2D eigenvalue weighted by Gasteiger charge is 2.18.